The van der Waals surface area contributed by atoms with E-state index < -0.39 is 5.41 Å². The van der Waals surface area contributed by atoms with Crippen LogP contribution in [0, 0.1) is 24.2 Å². The van der Waals surface area contributed by atoms with Crippen molar-refractivity contribution in [2.45, 2.75) is 33.1 Å². The zero-order chi connectivity index (χ0) is 21.1. The molecule has 1 N–H and O–H groups in total. The molecular formula is C23H25FN4O2. The molecule has 0 saturated heterocycles. The number of ether oxygens (including phenoxy) is 1. The van der Waals surface area contributed by atoms with Crippen LogP contribution in [0.15, 0.2) is 54.6 Å². The van der Waals surface area contributed by atoms with Crippen molar-refractivity contribution < 1.29 is 13.9 Å². The van der Waals surface area contributed by atoms with E-state index in [2.05, 4.69) is 20.3 Å². The molecule has 2 aliphatic carbocycles. The number of pyridine rings is 1. The molecule has 0 aromatic carbocycles. The average molecular weight is 408 g/mol. The highest BCUT2D eigenvalue weighted by Crippen LogP contribution is 2.60. The lowest BCUT2D eigenvalue weighted by atomic mass is 9.82. The minimum atomic E-state index is -0.400. The van der Waals surface area contributed by atoms with Gasteiger partial charge in [0.15, 0.2) is 5.75 Å². The number of allylic oxidation sites excluding steroid dienone is 4. The zero-order valence-electron chi connectivity index (χ0n) is 17.1. The van der Waals surface area contributed by atoms with Gasteiger partial charge in [-0.3, -0.25) is 4.79 Å². The van der Waals surface area contributed by atoms with E-state index in [0.29, 0.717) is 36.8 Å². The van der Waals surface area contributed by atoms with Crippen molar-refractivity contribution in [3.63, 3.8) is 0 Å². The standard InChI is InChI=1S/C23H25FN4O2/c1-3-19-20(13-26-15(2)27-19)30-14-23(16-7-9-17(24)10-8-16)12-18(23)22(29)28-21-6-4-5-11-25-21/h4-7,9-11,13,16,18H,3,8,12,14H2,1-2H3,(H,25,28,29)/t16?,18-,23+/m0/s1. The van der Waals surface area contributed by atoms with Crippen molar-refractivity contribution in [2.24, 2.45) is 17.3 Å². The number of amides is 1. The van der Waals surface area contributed by atoms with Crippen LogP contribution in [0.1, 0.15) is 31.3 Å². The Morgan fingerprint density at radius 3 is 2.93 bits per heavy atom. The van der Waals surface area contributed by atoms with E-state index in [0.717, 1.165) is 12.1 Å². The Balaban J connectivity index is 1.52. The van der Waals surface area contributed by atoms with Crippen molar-refractivity contribution in [2.75, 3.05) is 11.9 Å². The van der Waals surface area contributed by atoms with Crippen LogP contribution in [-0.2, 0) is 11.2 Å². The van der Waals surface area contributed by atoms with Gasteiger partial charge in [-0.1, -0.05) is 19.1 Å². The van der Waals surface area contributed by atoms with Gasteiger partial charge >= 0.3 is 0 Å². The predicted octanol–water partition coefficient (Wildman–Crippen LogP) is 4.20. The Morgan fingerprint density at radius 2 is 2.23 bits per heavy atom. The minimum absolute atomic E-state index is 0.0212. The quantitative estimate of drug-likeness (QED) is 0.743. The summed E-state index contributed by atoms with van der Waals surface area (Å²) in [6.07, 6.45) is 10.2. The summed E-state index contributed by atoms with van der Waals surface area (Å²) in [4.78, 5) is 25.8. The minimum Gasteiger partial charge on any atom is -0.489 e. The van der Waals surface area contributed by atoms with Gasteiger partial charge in [-0.2, -0.15) is 0 Å². The molecule has 2 aromatic heterocycles. The van der Waals surface area contributed by atoms with Crippen molar-refractivity contribution in [1.29, 1.82) is 0 Å². The number of carbonyl (C=O) groups is 1. The Hall–Kier alpha value is -3.09. The first-order chi connectivity index (χ1) is 14.5. The third-order valence-electron chi connectivity index (χ3n) is 5.92. The summed E-state index contributed by atoms with van der Waals surface area (Å²) in [5.74, 6) is 1.32. The van der Waals surface area contributed by atoms with Crippen LogP contribution in [0.25, 0.3) is 0 Å². The number of carbonyl (C=O) groups excluding carboxylic acids is 1. The Kier molecular flexibility index (Phi) is 5.61. The molecule has 1 saturated carbocycles. The molecule has 6 nitrogen and oxygen atoms in total. The number of nitrogens with zero attached hydrogens (tertiary/aromatic N) is 3. The molecule has 4 rings (SSSR count). The first kappa shape index (κ1) is 20.2. The number of aromatic nitrogens is 3. The molecule has 1 fully saturated rings. The largest absolute Gasteiger partial charge is 0.489 e. The Bertz CT molecular complexity index is 992. The van der Waals surface area contributed by atoms with Gasteiger partial charge in [0.2, 0.25) is 5.91 Å². The first-order valence-electron chi connectivity index (χ1n) is 10.2. The van der Waals surface area contributed by atoms with Crippen molar-refractivity contribution in [3.05, 3.63) is 66.2 Å². The van der Waals surface area contributed by atoms with Crippen molar-refractivity contribution >= 4 is 11.7 Å². The molecule has 0 spiro atoms. The molecule has 7 heteroatoms. The van der Waals surface area contributed by atoms with E-state index in [1.54, 1.807) is 30.6 Å². The van der Waals surface area contributed by atoms with Gasteiger partial charge < -0.3 is 10.1 Å². The molecular weight excluding hydrogens is 383 g/mol. The Labute approximate surface area is 175 Å². The molecule has 1 amide bonds. The van der Waals surface area contributed by atoms with Crippen LogP contribution in [0.5, 0.6) is 5.75 Å². The molecule has 156 valence electrons. The van der Waals surface area contributed by atoms with E-state index >= 15 is 0 Å². The summed E-state index contributed by atoms with van der Waals surface area (Å²) >= 11 is 0. The van der Waals surface area contributed by atoms with E-state index in [4.69, 9.17) is 4.74 Å². The average Bonchev–Trinajstić information content (AvgIpc) is 3.50. The third-order valence-corrected chi connectivity index (χ3v) is 5.92. The van der Waals surface area contributed by atoms with Gasteiger partial charge in [0.05, 0.1) is 18.5 Å². The van der Waals surface area contributed by atoms with Crippen molar-refractivity contribution in [1.82, 2.24) is 15.0 Å². The zero-order valence-corrected chi connectivity index (χ0v) is 17.1. The van der Waals surface area contributed by atoms with E-state index in [1.165, 1.54) is 6.08 Å². The fourth-order valence-electron chi connectivity index (χ4n) is 4.11. The van der Waals surface area contributed by atoms with Crippen molar-refractivity contribution in [3.8, 4) is 5.75 Å². The fraction of sp³-hybridized carbons (Fsp3) is 0.391. The van der Waals surface area contributed by atoms with Gasteiger partial charge in [-0.05, 0) is 56.4 Å². The van der Waals surface area contributed by atoms with Gasteiger partial charge in [0.1, 0.15) is 17.5 Å². The lowest BCUT2D eigenvalue weighted by molar-refractivity contribution is -0.118. The number of anilines is 1. The maximum atomic E-state index is 13.5. The van der Waals surface area contributed by atoms with Crippen LogP contribution < -0.4 is 10.1 Å². The summed E-state index contributed by atoms with van der Waals surface area (Å²) in [7, 11) is 0. The van der Waals surface area contributed by atoms with Crippen LogP contribution in [0.3, 0.4) is 0 Å². The first-order valence-corrected chi connectivity index (χ1v) is 10.2. The summed E-state index contributed by atoms with van der Waals surface area (Å²) < 4.78 is 19.7. The number of halogens is 1. The molecule has 0 aliphatic heterocycles. The second-order valence-electron chi connectivity index (χ2n) is 7.85. The maximum absolute atomic E-state index is 13.5. The summed E-state index contributed by atoms with van der Waals surface area (Å²) in [5.41, 5.74) is 0.445. The van der Waals surface area contributed by atoms with Gasteiger partial charge in [0.25, 0.3) is 0 Å². The topological polar surface area (TPSA) is 77.0 Å². The lowest BCUT2D eigenvalue weighted by Gasteiger charge is -2.27. The molecule has 0 radical (unpaired) electrons. The number of rotatable bonds is 7. The molecule has 0 bridgehead atoms. The van der Waals surface area contributed by atoms with Crippen LogP contribution >= 0.6 is 0 Å². The number of nitrogens with one attached hydrogen (secondary N) is 1. The monoisotopic (exact) mass is 408 g/mol. The van der Waals surface area contributed by atoms with Gasteiger partial charge in [0, 0.05) is 17.5 Å². The normalized spacial score (nSPS) is 24.8. The highest BCUT2D eigenvalue weighted by molar-refractivity contribution is 5.94. The maximum Gasteiger partial charge on any atom is 0.229 e. The molecule has 30 heavy (non-hydrogen) atoms. The van der Waals surface area contributed by atoms with Gasteiger partial charge in [-0.15, -0.1) is 0 Å². The number of hydrogen-bond acceptors (Lipinski definition) is 5. The van der Waals surface area contributed by atoms with Crippen LogP contribution in [-0.4, -0.2) is 27.5 Å². The van der Waals surface area contributed by atoms with Crippen LogP contribution in [0.4, 0.5) is 10.2 Å². The Morgan fingerprint density at radius 1 is 1.37 bits per heavy atom. The summed E-state index contributed by atoms with van der Waals surface area (Å²) in [5, 5.41) is 2.89. The molecule has 2 aliphatic rings. The SMILES string of the molecule is CCc1nc(C)ncc1OC[C@@]1(C2C=CC(F)=CC2)C[C@H]1C(=O)Nc1ccccn1. The third kappa shape index (κ3) is 4.10. The smallest absolute Gasteiger partial charge is 0.229 e. The second-order valence-corrected chi connectivity index (χ2v) is 7.85. The lowest BCUT2D eigenvalue weighted by Crippen LogP contribution is -2.29. The predicted molar refractivity (Wildman–Crippen MR) is 111 cm³/mol. The van der Waals surface area contributed by atoms with Gasteiger partial charge in [-0.25, -0.2) is 19.3 Å². The molecule has 3 atom stereocenters. The summed E-state index contributed by atoms with van der Waals surface area (Å²) in [6.45, 7) is 4.20. The van der Waals surface area contributed by atoms with Crippen LogP contribution in [0.2, 0.25) is 0 Å². The van der Waals surface area contributed by atoms with E-state index in [9.17, 15) is 9.18 Å². The van der Waals surface area contributed by atoms with E-state index in [-0.39, 0.29) is 23.6 Å². The number of aryl methyl sites for hydroxylation is 2. The van der Waals surface area contributed by atoms with E-state index in [1.807, 2.05) is 26.0 Å². The molecule has 1 unspecified atom stereocenters. The highest BCUT2D eigenvalue weighted by Gasteiger charge is 2.62. The second kappa shape index (κ2) is 8.34. The number of hydrogen-bond donors (Lipinski definition) is 1. The molecule has 2 aromatic rings. The highest BCUT2D eigenvalue weighted by atomic mass is 19.1. The summed E-state index contributed by atoms with van der Waals surface area (Å²) in [6, 6.07) is 5.38. The fourth-order valence-corrected chi connectivity index (χ4v) is 4.11. The molecule has 2 heterocycles.